The molecule has 0 aliphatic carbocycles. The zero-order chi connectivity index (χ0) is 20.4. The van der Waals surface area contributed by atoms with Gasteiger partial charge in [-0.1, -0.05) is 17.4 Å². The van der Waals surface area contributed by atoms with Crippen LogP contribution in [0, 0.1) is 0 Å². The second kappa shape index (κ2) is 7.59. The predicted molar refractivity (Wildman–Crippen MR) is 101 cm³/mol. The van der Waals surface area contributed by atoms with Gasteiger partial charge >= 0.3 is 6.18 Å². The number of hydrogen-bond donors (Lipinski definition) is 0. The first-order chi connectivity index (χ1) is 13.9. The van der Waals surface area contributed by atoms with Gasteiger partial charge < -0.3 is 0 Å². The number of carbonyl (C=O) groups is 1. The maximum absolute atomic E-state index is 13.3. The van der Waals surface area contributed by atoms with E-state index < -0.39 is 17.6 Å². The second-order valence-corrected chi connectivity index (χ2v) is 6.97. The van der Waals surface area contributed by atoms with Crippen molar-refractivity contribution in [3.05, 3.63) is 66.5 Å². The molecule has 1 amide bonds. The monoisotopic (exact) mass is 418 g/mol. The first-order valence-electron chi connectivity index (χ1n) is 8.45. The van der Waals surface area contributed by atoms with E-state index in [0.717, 1.165) is 17.4 Å². The van der Waals surface area contributed by atoms with Crippen LogP contribution in [0.3, 0.4) is 0 Å². The van der Waals surface area contributed by atoms with Crippen LogP contribution in [-0.4, -0.2) is 37.2 Å². The molecule has 4 aromatic rings. The Morgan fingerprint density at radius 1 is 1.17 bits per heavy atom. The van der Waals surface area contributed by atoms with E-state index in [2.05, 4.69) is 20.1 Å². The third kappa shape index (κ3) is 3.94. The van der Waals surface area contributed by atoms with Crippen LogP contribution < -0.4 is 4.90 Å². The molecule has 0 bridgehead atoms. The van der Waals surface area contributed by atoms with Gasteiger partial charge in [-0.05, 0) is 18.2 Å². The maximum atomic E-state index is 13.3. The molecule has 148 valence electrons. The number of para-hydroxylation sites is 1. The SMILES string of the molecule is O=C(c1cnccn1)N(CCn1cccn1)c1nc2c(C(F)(F)F)cccc2s1. The first-order valence-corrected chi connectivity index (χ1v) is 9.27. The van der Waals surface area contributed by atoms with Crippen molar-refractivity contribution in [3.8, 4) is 0 Å². The highest BCUT2D eigenvalue weighted by Crippen LogP contribution is 2.38. The molecule has 1 aromatic carbocycles. The minimum absolute atomic E-state index is 0.0725. The van der Waals surface area contributed by atoms with Crippen molar-refractivity contribution in [3.63, 3.8) is 0 Å². The minimum atomic E-state index is -4.54. The summed E-state index contributed by atoms with van der Waals surface area (Å²) in [6.07, 6.45) is 2.89. The molecule has 0 radical (unpaired) electrons. The topological polar surface area (TPSA) is 76.8 Å². The summed E-state index contributed by atoms with van der Waals surface area (Å²) in [5.74, 6) is -0.502. The number of hydrogen-bond acceptors (Lipinski definition) is 6. The summed E-state index contributed by atoms with van der Waals surface area (Å²) in [7, 11) is 0. The van der Waals surface area contributed by atoms with Crippen LogP contribution in [0.15, 0.2) is 55.2 Å². The van der Waals surface area contributed by atoms with Crippen molar-refractivity contribution >= 4 is 32.6 Å². The molecule has 0 aliphatic rings. The number of halogens is 3. The fraction of sp³-hybridized carbons (Fsp3) is 0.167. The molecule has 0 aliphatic heterocycles. The smallest absolute Gasteiger partial charge is 0.281 e. The summed E-state index contributed by atoms with van der Waals surface area (Å²) in [5, 5.41) is 4.24. The predicted octanol–water partition coefficient (Wildman–Crippen LogP) is 3.65. The van der Waals surface area contributed by atoms with Crippen LogP contribution in [0.1, 0.15) is 16.1 Å². The van der Waals surface area contributed by atoms with Crippen LogP contribution in [0.5, 0.6) is 0 Å². The van der Waals surface area contributed by atoms with Crippen LogP contribution in [0.4, 0.5) is 18.3 Å². The number of benzene rings is 1. The highest BCUT2D eigenvalue weighted by atomic mass is 32.1. The fourth-order valence-electron chi connectivity index (χ4n) is 2.75. The minimum Gasteiger partial charge on any atom is -0.281 e. The molecule has 3 heterocycles. The first kappa shape index (κ1) is 19.0. The Balaban J connectivity index is 1.75. The van der Waals surface area contributed by atoms with E-state index in [0.29, 0.717) is 11.2 Å². The van der Waals surface area contributed by atoms with E-state index in [4.69, 9.17) is 0 Å². The Labute approximate surface area is 166 Å². The molecular formula is C18H13F3N6OS. The third-order valence-corrected chi connectivity index (χ3v) is 5.13. The molecule has 0 N–H and O–H groups in total. The van der Waals surface area contributed by atoms with E-state index in [9.17, 15) is 18.0 Å². The second-order valence-electron chi connectivity index (χ2n) is 5.96. The van der Waals surface area contributed by atoms with Gasteiger partial charge in [0.15, 0.2) is 5.13 Å². The Bertz CT molecular complexity index is 1130. The van der Waals surface area contributed by atoms with Crippen LogP contribution in [0.25, 0.3) is 10.2 Å². The Hall–Kier alpha value is -3.34. The number of fused-ring (bicyclic) bond motifs is 1. The van der Waals surface area contributed by atoms with Crippen molar-refractivity contribution in [2.24, 2.45) is 0 Å². The molecule has 0 saturated carbocycles. The molecule has 3 aromatic heterocycles. The molecule has 0 fully saturated rings. The van der Waals surface area contributed by atoms with Crippen LogP contribution in [0.2, 0.25) is 0 Å². The zero-order valence-corrected chi connectivity index (χ0v) is 15.6. The lowest BCUT2D eigenvalue weighted by Gasteiger charge is -2.19. The standard InChI is InChI=1S/C18H13F3N6OS/c19-18(20,21)12-3-1-4-14-15(12)25-17(29-14)27(10-9-26-8-2-5-24-26)16(28)13-11-22-6-7-23-13/h1-8,11H,9-10H2. The van der Waals surface area contributed by atoms with Crippen molar-refractivity contribution in [2.75, 3.05) is 11.4 Å². The highest BCUT2D eigenvalue weighted by molar-refractivity contribution is 7.22. The quantitative estimate of drug-likeness (QED) is 0.495. The van der Waals surface area contributed by atoms with E-state index >= 15 is 0 Å². The number of amides is 1. The van der Waals surface area contributed by atoms with Crippen LogP contribution >= 0.6 is 11.3 Å². The third-order valence-electron chi connectivity index (χ3n) is 4.08. The number of rotatable bonds is 5. The number of alkyl halides is 3. The summed E-state index contributed by atoms with van der Waals surface area (Å²) in [5.41, 5.74) is -0.948. The van der Waals surface area contributed by atoms with Gasteiger partial charge in [0.05, 0.1) is 28.5 Å². The summed E-state index contributed by atoms with van der Waals surface area (Å²) in [4.78, 5) is 26.3. The largest absolute Gasteiger partial charge is 0.418 e. The Morgan fingerprint density at radius 3 is 2.72 bits per heavy atom. The highest BCUT2D eigenvalue weighted by Gasteiger charge is 2.34. The molecule has 4 rings (SSSR count). The lowest BCUT2D eigenvalue weighted by Crippen LogP contribution is -2.34. The lowest BCUT2D eigenvalue weighted by molar-refractivity contribution is -0.136. The molecule has 0 unspecified atom stereocenters. The summed E-state index contributed by atoms with van der Waals surface area (Å²) >= 11 is 1.01. The molecule has 0 atom stereocenters. The number of carbonyl (C=O) groups excluding carboxylic acids is 1. The lowest BCUT2D eigenvalue weighted by atomic mass is 10.2. The van der Waals surface area contributed by atoms with Gasteiger partial charge in [-0.3, -0.25) is 19.4 Å². The Kier molecular flexibility index (Phi) is 4.97. The molecular weight excluding hydrogens is 405 g/mol. The van der Waals surface area contributed by atoms with Crippen molar-refractivity contribution in [1.82, 2.24) is 24.7 Å². The number of nitrogens with zero attached hydrogens (tertiary/aromatic N) is 6. The molecule has 0 saturated heterocycles. The number of thiazole rings is 1. The van der Waals surface area contributed by atoms with Crippen LogP contribution in [-0.2, 0) is 12.7 Å². The van der Waals surface area contributed by atoms with Gasteiger partial charge in [0.1, 0.15) is 5.69 Å². The average molecular weight is 418 g/mol. The van der Waals surface area contributed by atoms with E-state index in [1.807, 2.05) is 0 Å². The van der Waals surface area contributed by atoms with Gasteiger partial charge in [-0.2, -0.15) is 18.3 Å². The normalized spacial score (nSPS) is 11.7. The summed E-state index contributed by atoms with van der Waals surface area (Å²) in [6, 6.07) is 5.59. The van der Waals surface area contributed by atoms with Gasteiger partial charge in [-0.15, -0.1) is 0 Å². The Morgan fingerprint density at radius 2 is 2.03 bits per heavy atom. The van der Waals surface area contributed by atoms with Gasteiger partial charge in [0.2, 0.25) is 0 Å². The van der Waals surface area contributed by atoms with Crippen molar-refractivity contribution in [2.45, 2.75) is 12.7 Å². The maximum Gasteiger partial charge on any atom is 0.418 e. The van der Waals surface area contributed by atoms with Gasteiger partial charge in [0.25, 0.3) is 5.91 Å². The zero-order valence-electron chi connectivity index (χ0n) is 14.7. The average Bonchev–Trinajstić information content (AvgIpc) is 3.37. The van der Waals surface area contributed by atoms with Gasteiger partial charge in [0, 0.05) is 31.3 Å². The molecule has 0 spiro atoms. The fourth-order valence-corrected chi connectivity index (χ4v) is 3.76. The van der Waals surface area contributed by atoms with Crippen molar-refractivity contribution in [1.29, 1.82) is 0 Å². The van der Waals surface area contributed by atoms with E-state index in [1.165, 1.54) is 29.6 Å². The molecule has 7 nitrogen and oxygen atoms in total. The van der Waals surface area contributed by atoms with E-state index in [1.54, 1.807) is 29.2 Å². The van der Waals surface area contributed by atoms with Crippen molar-refractivity contribution < 1.29 is 18.0 Å². The number of anilines is 1. The van der Waals surface area contributed by atoms with E-state index in [-0.39, 0.29) is 22.9 Å². The summed E-state index contributed by atoms with van der Waals surface area (Å²) in [6.45, 7) is 0.485. The van der Waals surface area contributed by atoms with Gasteiger partial charge in [-0.25, -0.2) is 9.97 Å². The molecule has 29 heavy (non-hydrogen) atoms. The summed E-state index contributed by atoms with van der Waals surface area (Å²) < 4.78 is 42.0. The number of aromatic nitrogens is 5. The molecule has 11 heteroatoms.